The van der Waals surface area contributed by atoms with Crippen LogP contribution in [0.4, 0.5) is 4.79 Å². The summed E-state index contributed by atoms with van der Waals surface area (Å²) in [6.45, 7) is 4.14. The first-order chi connectivity index (χ1) is 9.51. The van der Waals surface area contributed by atoms with Gasteiger partial charge in [-0.2, -0.15) is 0 Å². The third kappa shape index (κ3) is 5.36. The van der Waals surface area contributed by atoms with Gasteiger partial charge in [-0.25, -0.2) is 4.79 Å². The second-order valence-corrected chi connectivity index (χ2v) is 5.35. The first kappa shape index (κ1) is 16.8. The Bertz CT molecular complexity index is 326. The molecule has 116 valence electrons. The highest BCUT2D eigenvalue weighted by Crippen LogP contribution is 2.38. The predicted octanol–water partition coefficient (Wildman–Crippen LogP) is 1.63. The fourth-order valence-electron chi connectivity index (χ4n) is 2.66. The summed E-state index contributed by atoms with van der Waals surface area (Å²) in [5.41, 5.74) is 3.93. The van der Waals surface area contributed by atoms with E-state index in [1.165, 1.54) is 13.3 Å². The lowest BCUT2D eigenvalue weighted by Gasteiger charge is -2.33. The van der Waals surface area contributed by atoms with E-state index < -0.39 is 12.4 Å². The third-order valence-corrected chi connectivity index (χ3v) is 3.79. The molecule has 0 bridgehead atoms. The summed E-state index contributed by atoms with van der Waals surface area (Å²) in [6.07, 6.45) is 4.11. The van der Waals surface area contributed by atoms with Crippen molar-refractivity contribution in [2.45, 2.75) is 58.7 Å². The predicted molar refractivity (Wildman–Crippen MR) is 71.6 cm³/mol. The summed E-state index contributed by atoms with van der Waals surface area (Å²) in [6, 6.07) is 0. The van der Waals surface area contributed by atoms with Gasteiger partial charge in [-0.3, -0.25) is 4.79 Å². The monoisotopic (exact) mass is 288 g/mol. The Hall–Kier alpha value is -1.30. The number of carbonyl (C=O) groups excluding carboxylic acids is 2. The van der Waals surface area contributed by atoms with Gasteiger partial charge in [-0.15, -0.1) is 0 Å². The SMILES string of the molecule is CCOC(=O)OC(C)OC(=O)CC1(C[NH3+])CCCCC1. The Labute approximate surface area is 119 Å². The second-order valence-electron chi connectivity index (χ2n) is 5.35. The van der Waals surface area contributed by atoms with E-state index >= 15 is 0 Å². The fraction of sp³-hybridized carbons (Fsp3) is 0.857. The largest absolute Gasteiger partial charge is 0.511 e. The molecule has 1 aliphatic carbocycles. The van der Waals surface area contributed by atoms with Crippen LogP contribution in [0.25, 0.3) is 0 Å². The summed E-state index contributed by atoms with van der Waals surface area (Å²) in [5.74, 6) is -0.340. The van der Waals surface area contributed by atoms with Gasteiger partial charge in [0.25, 0.3) is 0 Å². The molecule has 3 N–H and O–H groups in total. The van der Waals surface area contributed by atoms with E-state index in [4.69, 9.17) is 9.47 Å². The van der Waals surface area contributed by atoms with Crippen molar-refractivity contribution in [3.8, 4) is 0 Å². The first-order valence-electron chi connectivity index (χ1n) is 7.33. The van der Waals surface area contributed by atoms with Crippen LogP contribution in [0.1, 0.15) is 52.4 Å². The number of esters is 1. The Balaban J connectivity index is 2.39. The van der Waals surface area contributed by atoms with Gasteiger partial charge in [-0.05, 0) is 19.8 Å². The molecule has 1 atom stereocenters. The van der Waals surface area contributed by atoms with Crippen LogP contribution in [0.15, 0.2) is 0 Å². The van der Waals surface area contributed by atoms with E-state index in [0.717, 1.165) is 32.2 Å². The van der Waals surface area contributed by atoms with Crippen LogP contribution < -0.4 is 5.73 Å². The zero-order chi connectivity index (χ0) is 15.0. The zero-order valence-corrected chi connectivity index (χ0v) is 12.5. The summed E-state index contributed by atoms with van der Waals surface area (Å²) in [4.78, 5) is 23.0. The zero-order valence-electron chi connectivity index (χ0n) is 12.5. The summed E-state index contributed by atoms with van der Waals surface area (Å²) < 4.78 is 14.5. The highest BCUT2D eigenvalue weighted by molar-refractivity contribution is 5.70. The van der Waals surface area contributed by atoms with Gasteiger partial charge in [0, 0.05) is 12.3 Å². The van der Waals surface area contributed by atoms with Gasteiger partial charge < -0.3 is 19.9 Å². The van der Waals surface area contributed by atoms with Crippen LogP contribution in [0.3, 0.4) is 0 Å². The Morgan fingerprint density at radius 2 is 1.85 bits per heavy atom. The molecule has 1 rings (SSSR count). The molecule has 6 nitrogen and oxygen atoms in total. The third-order valence-electron chi connectivity index (χ3n) is 3.79. The van der Waals surface area contributed by atoms with Crippen molar-refractivity contribution in [2.75, 3.05) is 13.2 Å². The van der Waals surface area contributed by atoms with E-state index in [1.54, 1.807) is 6.92 Å². The lowest BCUT2D eigenvalue weighted by molar-refractivity contribution is -0.395. The van der Waals surface area contributed by atoms with Crippen molar-refractivity contribution in [2.24, 2.45) is 5.41 Å². The molecule has 6 heteroatoms. The molecule has 0 aromatic rings. The molecule has 0 spiro atoms. The molecule has 0 aromatic heterocycles. The molecule has 1 saturated carbocycles. The van der Waals surface area contributed by atoms with E-state index in [-0.39, 0.29) is 18.0 Å². The quantitative estimate of drug-likeness (QED) is 0.592. The maximum absolute atomic E-state index is 11.9. The van der Waals surface area contributed by atoms with Crippen molar-refractivity contribution in [3.05, 3.63) is 0 Å². The van der Waals surface area contributed by atoms with E-state index in [2.05, 4.69) is 10.5 Å². The molecule has 1 aliphatic rings. The van der Waals surface area contributed by atoms with Crippen LogP contribution in [0.5, 0.6) is 0 Å². The molecule has 1 unspecified atom stereocenters. The number of hydrogen-bond donors (Lipinski definition) is 1. The highest BCUT2D eigenvalue weighted by Gasteiger charge is 2.36. The number of ether oxygens (including phenoxy) is 3. The first-order valence-corrected chi connectivity index (χ1v) is 7.33. The Morgan fingerprint density at radius 1 is 1.20 bits per heavy atom. The molecule has 0 saturated heterocycles. The highest BCUT2D eigenvalue weighted by atomic mass is 16.8. The Kier molecular flexibility index (Phi) is 6.78. The van der Waals surface area contributed by atoms with Crippen molar-refractivity contribution in [1.29, 1.82) is 0 Å². The fourth-order valence-corrected chi connectivity index (χ4v) is 2.66. The second kappa shape index (κ2) is 8.09. The normalized spacial score (nSPS) is 18.9. The molecule has 0 aromatic carbocycles. The van der Waals surface area contributed by atoms with Crippen LogP contribution >= 0.6 is 0 Å². The van der Waals surface area contributed by atoms with Gasteiger partial charge in [0.15, 0.2) is 0 Å². The minimum Gasteiger partial charge on any atom is -0.435 e. The molecular formula is C14H26NO5+. The van der Waals surface area contributed by atoms with Crippen LogP contribution in [-0.4, -0.2) is 31.6 Å². The van der Waals surface area contributed by atoms with Gasteiger partial charge in [0.1, 0.15) is 0 Å². The van der Waals surface area contributed by atoms with Crippen LogP contribution in [-0.2, 0) is 19.0 Å². The summed E-state index contributed by atoms with van der Waals surface area (Å²) in [7, 11) is 0. The molecule has 20 heavy (non-hydrogen) atoms. The standard InChI is InChI=1S/C14H25NO5/c1-3-18-13(17)20-11(2)19-12(16)9-14(10-15)7-5-4-6-8-14/h11H,3-10,15H2,1-2H3/p+1. The lowest BCUT2D eigenvalue weighted by Crippen LogP contribution is -2.59. The van der Waals surface area contributed by atoms with E-state index in [9.17, 15) is 9.59 Å². The number of hydrogen-bond acceptors (Lipinski definition) is 5. The molecule has 0 aliphatic heterocycles. The summed E-state index contributed by atoms with van der Waals surface area (Å²) >= 11 is 0. The van der Waals surface area contributed by atoms with Crippen molar-refractivity contribution >= 4 is 12.1 Å². The lowest BCUT2D eigenvalue weighted by atomic mass is 9.72. The van der Waals surface area contributed by atoms with E-state index in [1.807, 2.05) is 0 Å². The van der Waals surface area contributed by atoms with Crippen molar-refractivity contribution in [3.63, 3.8) is 0 Å². The smallest absolute Gasteiger partial charge is 0.435 e. The van der Waals surface area contributed by atoms with Gasteiger partial charge in [0.2, 0.25) is 6.29 Å². The number of rotatable bonds is 6. The average Bonchev–Trinajstić information content (AvgIpc) is 2.39. The molecule has 1 fully saturated rings. The van der Waals surface area contributed by atoms with E-state index in [0.29, 0.717) is 6.42 Å². The van der Waals surface area contributed by atoms with Crippen LogP contribution in [0, 0.1) is 5.41 Å². The van der Waals surface area contributed by atoms with Crippen molar-refractivity contribution < 1.29 is 29.5 Å². The average molecular weight is 288 g/mol. The maximum atomic E-state index is 11.9. The number of carbonyl (C=O) groups is 2. The molecular weight excluding hydrogens is 262 g/mol. The van der Waals surface area contributed by atoms with Gasteiger partial charge >= 0.3 is 12.1 Å². The van der Waals surface area contributed by atoms with Gasteiger partial charge in [0.05, 0.1) is 19.6 Å². The minimum atomic E-state index is -0.924. The minimum absolute atomic E-state index is 0.0427. The Morgan fingerprint density at radius 3 is 2.40 bits per heavy atom. The maximum Gasteiger partial charge on any atom is 0.511 e. The molecule has 0 amide bonds. The number of quaternary nitrogens is 1. The molecule has 0 heterocycles. The van der Waals surface area contributed by atoms with Crippen LogP contribution in [0.2, 0.25) is 0 Å². The summed E-state index contributed by atoms with van der Waals surface area (Å²) in [5, 5.41) is 0. The van der Waals surface area contributed by atoms with Gasteiger partial charge in [-0.1, -0.05) is 19.3 Å². The topological polar surface area (TPSA) is 89.5 Å². The molecule has 0 radical (unpaired) electrons. The van der Waals surface area contributed by atoms with Crippen molar-refractivity contribution in [1.82, 2.24) is 0 Å².